The SMILES string of the molecule is Cc1c(C)c(C)c2c(c1C)OC(C)(C)C2CN1CCCC1COc1ccc(/C=C2/SC(=O)NC2=O)cc1. The lowest BCUT2D eigenvalue weighted by Gasteiger charge is -2.33. The van der Waals surface area contributed by atoms with Gasteiger partial charge in [0.05, 0.1) is 4.91 Å². The number of ether oxygens (including phenoxy) is 2. The van der Waals surface area contributed by atoms with E-state index in [2.05, 4.69) is 51.8 Å². The zero-order valence-corrected chi connectivity index (χ0v) is 23.4. The fourth-order valence-electron chi connectivity index (χ4n) is 5.83. The van der Waals surface area contributed by atoms with Crippen LogP contribution in [0.2, 0.25) is 0 Å². The number of amides is 2. The number of nitrogens with one attached hydrogen (secondary N) is 1. The molecule has 6 nitrogen and oxygen atoms in total. The molecule has 3 heterocycles. The quantitative estimate of drug-likeness (QED) is 0.468. The number of hydrogen-bond donors (Lipinski definition) is 1. The first-order valence-corrected chi connectivity index (χ1v) is 13.9. The Morgan fingerprint density at radius 3 is 2.46 bits per heavy atom. The van der Waals surface area contributed by atoms with Gasteiger partial charge in [-0.15, -0.1) is 0 Å². The molecule has 2 amide bonds. The van der Waals surface area contributed by atoms with Crippen molar-refractivity contribution in [2.24, 2.45) is 0 Å². The average Bonchev–Trinajstić information content (AvgIpc) is 3.51. The Morgan fingerprint density at radius 2 is 1.78 bits per heavy atom. The molecule has 0 radical (unpaired) electrons. The minimum Gasteiger partial charge on any atom is -0.492 e. The van der Waals surface area contributed by atoms with Crippen LogP contribution in [0.15, 0.2) is 29.2 Å². The third-order valence-corrected chi connectivity index (χ3v) is 9.22. The number of thioether (sulfide) groups is 1. The molecule has 2 unspecified atom stereocenters. The number of benzene rings is 2. The molecule has 2 aromatic carbocycles. The Kier molecular flexibility index (Phi) is 6.88. The van der Waals surface area contributed by atoms with Crippen molar-refractivity contribution in [2.45, 2.75) is 71.9 Å². The van der Waals surface area contributed by atoms with Gasteiger partial charge in [0.1, 0.15) is 23.7 Å². The summed E-state index contributed by atoms with van der Waals surface area (Å²) in [5.41, 5.74) is 7.35. The lowest BCUT2D eigenvalue weighted by Crippen LogP contribution is -2.42. The molecule has 2 aromatic rings. The Hall–Kier alpha value is -2.77. The number of nitrogens with zero attached hydrogens (tertiary/aromatic N) is 1. The Bertz CT molecular complexity index is 1280. The molecule has 2 atom stereocenters. The molecule has 0 saturated carbocycles. The van der Waals surface area contributed by atoms with Gasteiger partial charge in [0.2, 0.25) is 0 Å². The molecule has 196 valence electrons. The van der Waals surface area contributed by atoms with E-state index >= 15 is 0 Å². The van der Waals surface area contributed by atoms with Gasteiger partial charge < -0.3 is 9.47 Å². The summed E-state index contributed by atoms with van der Waals surface area (Å²) in [7, 11) is 0. The molecule has 1 N–H and O–H groups in total. The summed E-state index contributed by atoms with van der Waals surface area (Å²) in [5.74, 6) is 1.87. The molecule has 37 heavy (non-hydrogen) atoms. The molecule has 0 bridgehead atoms. The Labute approximate surface area is 223 Å². The largest absolute Gasteiger partial charge is 0.492 e. The minimum atomic E-state index is -0.342. The van der Waals surface area contributed by atoms with Crippen LogP contribution in [0, 0.1) is 27.7 Å². The smallest absolute Gasteiger partial charge is 0.290 e. The van der Waals surface area contributed by atoms with Gasteiger partial charge in [-0.2, -0.15) is 0 Å². The van der Waals surface area contributed by atoms with Crippen LogP contribution in [0.4, 0.5) is 4.79 Å². The molecule has 2 saturated heterocycles. The molecular formula is C30H36N2O4S. The zero-order valence-electron chi connectivity index (χ0n) is 22.6. The highest BCUT2D eigenvalue weighted by molar-refractivity contribution is 8.18. The van der Waals surface area contributed by atoms with E-state index in [4.69, 9.17) is 9.47 Å². The summed E-state index contributed by atoms with van der Waals surface area (Å²) in [5, 5.41) is 1.95. The molecule has 2 fully saturated rings. The summed E-state index contributed by atoms with van der Waals surface area (Å²) in [4.78, 5) is 26.1. The van der Waals surface area contributed by atoms with Crippen LogP contribution in [0.25, 0.3) is 6.08 Å². The first kappa shape index (κ1) is 25.9. The number of carbonyl (C=O) groups is 2. The van der Waals surface area contributed by atoms with E-state index in [1.54, 1.807) is 6.08 Å². The maximum atomic E-state index is 11.8. The number of imide groups is 1. The van der Waals surface area contributed by atoms with Gasteiger partial charge >= 0.3 is 0 Å². The fourth-order valence-corrected chi connectivity index (χ4v) is 6.52. The standard InChI is InChI=1S/C30H36N2O4S/c1-17-18(2)20(4)27-26(19(17)3)24(30(5,6)36-27)15-32-13-7-8-22(32)16-35-23-11-9-21(10-12-23)14-25-28(33)31-29(34)37-25/h9-12,14,22,24H,7-8,13,15-16H2,1-6H3,(H,31,33,34)/b25-14+. The summed E-state index contributed by atoms with van der Waals surface area (Å²) < 4.78 is 12.8. The minimum absolute atomic E-state index is 0.254. The molecular weight excluding hydrogens is 484 g/mol. The van der Waals surface area contributed by atoms with Crippen molar-refractivity contribution in [2.75, 3.05) is 19.7 Å². The van der Waals surface area contributed by atoms with Gasteiger partial charge in [-0.05, 0) is 119 Å². The van der Waals surface area contributed by atoms with Crippen molar-refractivity contribution in [3.63, 3.8) is 0 Å². The highest BCUT2D eigenvalue weighted by Crippen LogP contribution is 2.50. The van der Waals surface area contributed by atoms with E-state index in [-0.39, 0.29) is 16.7 Å². The summed E-state index contributed by atoms with van der Waals surface area (Å²) in [6.45, 7) is 16.0. The third kappa shape index (κ3) is 4.91. The first-order chi connectivity index (χ1) is 17.5. The molecule has 3 aliphatic rings. The monoisotopic (exact) mass is 520 g/mol. The fraction of sp³-hybridized carbons (Fsp3) is 0.467. The van der Waals surface area contributed by atoms with Crippen molar-refractivity contribution in [1.29, 1.82) is 0 Å². The van der Waals surface area contributed by atoms with Gasteiger partial charge in [0.25, 0.3) is 11.1 Å². The van der Waals surface area contributed by atoms with Gasteiger partial charge in [-0.25, -0.2) is 0 Å². The highest BCUT2D eigenvalue weighted by atomic mass is 32.2. The number of fused-ring (bicyclic) bond motifs is 1. The van der Waals surface area contributed by atoms with E-state index in [0.29, 0.717) is 23.5 Å². The molecule has 0 spiro atoms. The number of likely N-dealkylation sites (tertiary alicyclic amines) is 1. The highest BCUT2D eigenvalue weighted by Gasteiger charge is 2.45. The Balaban J connectivity index is 1.26. The number of carbonyl (C=O) groups excluding carboxylic acids is 2. The van der Waals surface area contributed by atoms with Gasteiger partial charge in [-0.3, -0.25) is 19.8 Å². The second-order valence-electron chi connectivity index (χ2n) is 11.0. The zero-order chi connectivity index (χ0) is 26.5. The van der Waals surface area contributed by atoms with Gasteiger partial charge in [0.15, 0.2) is 0 Å². The average molecular weight is 521 g/mol. The Morgan fingerprint density at radius 1 is 1.08 bits per heavy atom. The molecule has 0 aromatic heterocycles. The van der Waals surface area contributed by atoms with Crippen LogP contribution in [0.5, 0.6) is 11.5 Å². The van der Waals surface area contributed by atoms with Crippen molar-refractivity contribution >= 4 is 29.0 Å². The molecule has 3 aliphatic heterocycles. The van der Waals surface area contributed by atoms with Gasteiger partial charge in [-0.1, -0.05) is 12.1 Å². The van der Waals surface area contributed by atoms with Crippen molar-refractivity contribution in [3.05, 3.63) is 62.6 Å². The first-order valence-electron chi connectivity index (χ1n) is 13.1. The van der Waals surface area contributed by atoms with E-state index in [1.165, 1.54) is 34.2 Å². The van der Waals surface area contributed by atoms with Crippen molar-refractivity contribution in [3.8, 4) is 11.5 Å². The lowest BCUT2D eigenvalue weighted by molar-refractivity contribution is -0.115. The maximum absolute atomic E-state index is 11.8. The predicted molar refractivity (Wildman–Crippen MR) is 148 cm³/mol. The number of hydrogen-bond acceptors (Lipinski definition) is 6. The lowest BCUT2D eigenvalue weighted by atomic mass is 9.81. The van der Waals surface area contributed by atoms with E-state index in [1.807, 2.05) is 24.3 Å². The summed E-state index contributed by atoms with van der Waals surface area (Å²) >= 11 is 0.927. The maximum Gasteiger partial charge on any atom is 0.290 e. The van der Waals surface area contributed by atoms with E-state index in [9.17, 15) is 9.59 Å². The van der Waals surface area contributed by atoms with Crippen LogP contribution in [-0.4, -0.2) is 47.4 Å². The molecule has 0 aliphatic carbocycles. The van der Waals surface area contributed by atoms with Crippen LogP contribution in [0.1, 0.15) is 66.0 Å². The van der Waals surface area contributed by atoms with Gasteiger partial charge in [0, 0.05) is 24.1 Å². The van der Waals surface area contributed by atoms with Crippen molar-refractivity contribution < 1.29 is 19.1 Å². The van der Waals surface area contributed by atoms with Crippen LogP contribution in [-0.2, 0) is 4.79 Å². The van der Waals surface area contributed by atoms with E-state index in [0.717, 1.165) is 48.3 Å². The van der Waals surface area contributed by atoms with Crippen molar-refractivity contribution in [1.82, 2.24) is 10.2 Å². The molecule has 7 heteroatoms. The summed E-state index contributed by atoms with van der Waals surface area (Å²) in [6.07, 6.45) is 4.02. The summed E-state index contributed by atoms with van der Waals surface area (Å²) in [6, 6.07) is 8.03. The van der Waals surface area contributed by atoms with Crippen LogP contribution >= 0.6 is 11.8 Å². The second kappa shape index (κ2) is 9.84. The van der Waals surface area contributed by atoms with E-state index < -0.39 is 0 Å². The molecule has 5 rings (SSSR count). The normalized spacial score (nSPS) is 23.9. The predicted octanol–water partition coefficient (Wildman–Crippen LogP) is 6.04. The second-order valence-corrected chi connectivity index (χ2v) is 12.0. The number of rotatable bonds is 6. The van der Waals surface area contributed by atoms with Crippen LogP contribution < -0.4 is 14.8 Å². The topological polar surface area (TPSA) is 67.9 Å². The van der Waals surface area contributed by atoms with Crippen LogP contribution in [0.3, 0.4) is 0 Å². The third-order valence-electron chi connectivity index (χ3n) is 8.41.